The van der Waals surface area contributed by atoms with E-state index in [0.29, 0.717) is 16.6 Å². The van der Waals surface area contributed by atoms with Crippen LogP contribution >= 0.6 is 0 Å². The van der Waals surface area contributed by atoms with Gasteiger partial charge < -0.3 is 0 Å². The average molecular weight is 367 g/mol. The summed E-state index contributed by atoms with van der Waals surface area (Å²) in [6, 6.07) is 13.2. The summed E-state index contributed by atoms with van der Waals surface area (Å²) in [5, 5.41) is 9.39. The zero-order valence-electron chi connectivity index (χ0n) is 15.4. The standard InChI is InChI=1S/C21H19F2N3O/c1-13-4-5-15(10-24)16(8-13)14-6-7-17-18(9-14)25(3)19(27)26(17)12-20(2)11-21(20,22)23/h4-9H,11-12H2,1-3H3. The highest BCUT2D eigenvalue weighted by Gasteiger charge is 2.68. The van der Waals surface area contributed by atoms with Gasteiger partial charge in [0.15, 0.2) is 0 Å². The number of hydrogen-bond acceptors (Lipinski definition) is 2. The molecule has 1 heterocycles. The highest BCUT2D eigenvalue weighted by Crippen LogP contribution is 2.61. The van der Waals surface area contributed by atoms with Gasteiger partial charge in [0, 0.05) is 20.0 Å². The number of fused-ring (bicyclic) bond motifs is 1. The van der Waals surface area contributed by atoms with Crippen molar-refractivity contribution in [3.8, 4) is 17.2 Å². The second-order valence-electron chi connectivity index (χ2n) is 7.73. The molecule has 3 aromatic rings. The molecule has 1 aliphatic rings. The van der Waals surface area contributed by atoms with Crippen LogP contribution in [0.4, 0.5) is 8.78 Å². The maximum absolute atomic E-state index is 13.7. The molecule has 27 heavy (non-hydrogen) atoms. The number of benzene rings is 2. The Hall–Kier alpha value is -2.94. The van der Waals surface area contributed by atoms with Crippen LogP contribution in [0, 0.1) is 23.7 Å². The topological polar surface area (TPSA) is 50.7 Å². The predicted octanol–water partition coefficient (Wildman–Crippen LogP) is 4.23. The molecule has 6 heteroatoms. The molecule has 0 radical (unpaired) electrons. The minimum atomic E-state index is -2.72. The lowest BCUT2D eigenvalue weighted by Gasteiger charge is -2.11. The van der Waals surface area contributed by atoms with E-state index in [0.717, 1.165) is 16.7 Å². The van der Waals surface area contributed by atoms with Gasteiger partial charge in [-0.3, -0.25) is 9.13 Å². The molecule has 0 spiro atoms. The van der Waals surface area contributed by atoms with Crippen molar-refractivity contribution < 1.29 is 8.78 Å². The van der Waals surface area contributed by atoms with Gasteiger partial charge in [-0.05, 0) is 36.2 Å². The number of nitrogens with zero attached hydrogens (tertiary/aromatic N) is 3. The maximum atomic E-state index is 13.7. The van der Waals surface area contributed by atoms with Crippen molar-refractivity contribution >= 4 is 11.0 Å². The summed E-state index contributed by atoms with van der Waals surface area (Å²) in [6.07, 6.45) is -0.199. The van der Waals surface area contributed by atoms with Gasteiger partial charge in [-0.25, -0.2) is 13.6 Å². The molecule has 138 valence electrons. The molecule has 0 aliphatic heterocycles. The Morgan fingerprint density at radius 1 is 1.19 bits per heavy atom. The Labute approximate surface area is 155 Å². The molecule has 0 N–H and O–H groups in total. The summed E-state index contributed by atoms with van der Waals surface area (Å²) in [5.74, 6) is -2.72. The molecule has 1 aliphatic carbocycles. The van der Waals surface area contributed by atoms with Crippen molar-refractivity contribution in [3.63, 3.8) is 0 Å². The number of imidazole rings is 1. The molecule has 1 unspecified atom stereocenters. The Kier molecular flexibility index (Phi) is 3.58. The summed E-state index contributed by atoms with van der Waals surface area (Å²) in [5.41, 5.74) is 2.99. The molecule has 1 fully saturated rings. The predicted molar refractivity (Wildman–Crippen MR) is 99.7 cm³/mol. The zero-order chi connectivity index (χ0) is 19.6. The van der Waals surface area contributed by atoms with Crippen molar-refractivity contribution in [2.45, 2.75) is 32.7 Å². The van der Waals surface area contributed by atoms with Gasteiger partial charge in [0.2, 0.25) is 0 Å². The molecule has 4 nitrogen and oxygen atoms in total. The number of aromatic nitrogens is 2. The van der Waals surface area contributed by atoms with Gasteiger partial charge in [0.25, 0.3) is 5.92 Å². The van der Waals surface area contributed by atoms with Crippen LogP contribution in [0.15, 0.2) is 41.2 Å². The zero-order valence-corrected chi connectivity index (χ0v) is 15.4. The highest BCUT2D eigenvalue weighted by molar-refractivity contribution is 5.84. The van der Waals surface area contributed by atoms with Gasteiger partial charge in [0.1, 0.15) is 0 Å². The average Bonchev–Trinajstić information content (AvgIpc) is 3.05. The second kappa shape index (κ2) is 5.53. The molecule has 1 saturated carbocycles. The molecule has 2 aromatic carbocycles. The first-order chi connectivity index (χ1) is 12.7. The largest absolute Gasteiger partial charge is 0.328 e. The smallest absolute Gasteiger partial charge is 0.295 e. The third-order valence-electron chi connectivity index (χ3n) is 5.63. The first-order valence-electron chi connectivity index (χ1n) is 8.75. The van der Waals surface area contributed by atoms with Crippen molar-refractivity contribution in [3.05, 3.63) is 58.0 Å². The van der Waals surface area contributed by atoms with Crippen molar-refractivity contribution in [1.82, 2.24) is 9.13 Å². The van der Waals surface area contributed by atoms with Crippen LogP contribution in [0.2, 0.25) is 0 Å². The highest BCUT2D eigenvalue weighted by atomic mass is 19.3. The summed E-state index contributed by atoms with van der Waals surface area (Å²) in [6.45, 7) is 3.45. The Balaban J connectivity index is 1.86. The Morgan fingerprint density at radius 3 is 2.52 bits per heavy atom. The van der Waals surface area contributed by atoms with Gasteiger partial charge in [-0.15, -0.1) is 0 Å². The Morgan fingerprint density at radius 2 is 1.89 bits per heavy atom. The minimum Gasteiger partial charge on any atom is -0.295 e. The summed E-state index contributed by atoms with van der Waals surface area (Å²) < 4.78 is 30.2. The van der Waals surface area contributed by atoms with E-state index in [-0.39, 0.29) is 18.7 Å². The lowest BCUT2D eigenvalue weighted by Crippen LogP contribution is -2.27. The fourth-order valence-corrected chi connectivity index (χ4v) is 3.69. The number of hydrogen-bond donors (Lipinski definition) is 0. The van der Waals surface area contributed by atoms with Crippen LogP contribution < -0.4 is 5.69 Å². The quantitative estimate of drug-likeness (QED) is 0.695. The molecule has 0 bridgehead atoms. The van der Waals surface area contributed by atoms with Crippen LogP contribution in [0.25, 0.3) is 22.2 Å². The van der Waals surface area contributed by atoms with Crippen molar-refractivity contribution in [1.29, 1.82) is 5.26 Å². The summed E-state index contributed by atoms with van der Waals surface area (Å²) in [4.78, 5) is 12.7. The van der Waals surface area contributed by atoms with Gasteiger partial charge in [0.05, 0.1) is 28.1 Å². The minimum absolute atomic E-state index is 0.0105. The lowest BCUT2D eigenvalue weighted by molar-refractivity contribution is 0.0637. The van der Waals surface area contributed by atoms with Crippen molar-refractivity contribution in [2.24, 2.45) is 12.5 Å². The van der Waals surface area contributed by atoms with Gasteiger partial charge >= 0.3 is 5.69 Å². The van der Waals surface area contributed by atoms with Crippen LogP contribution in [0.3, 0.4) is 0 Å². The Bertz CT molecular complexity index is 1180. The van der Waals surface area contributed by atoms with E-state index in [9.17, 15) is 18.8 Å². The number of nitriles is 1. The summed E-state index contributed by atoms with van der Waals surface area (Å²) in [7, 11) is 1.64. The van der Waals surface area contributed by atoms with Crippen LogP contribution in [-0.4, -0.2) is 15.1 Å². The fourth-order valence-electron chi connectivity index (χ4n) is 3.69. The molecule has 1 atom stereocenters. The van der Waals surface area contributed by atoms with E-state index in [2.05, 4.69) is 6.07 Å². The van der Waals surface area contributed by atoms with E-state index in [1.165, 1.54) is 16.1 Å². The first kappa shape index (κ1) is 17.5. The SMILES string of the molecule is Cc1ccc(C#N)c(-c2ccc3c(c2)n(C)c(=O)n3CC2(C)CC2(F)F)c1. The lowest BCUT2D eigenvalue weighted by atomic mass is 9.98. The molecule has 0 saturated heterocycles. The monoisotopic (exact) mass is 367 g/mol. The van der Waals surface area contributed by atoms with Crippen LogP contribution in [0.1, 0.15) is 24.5 Å². The number of rotatable bonds is 3. The van der Waals surface area contributed by atoms with E-state index >= 15 is 0 Å². The number of halogens is 2. The van der Waals surface area contributed by atoms with E-state index in [1.807, 2.05) is 31.2 Å². The van der Waals surface area contributed by atoms with Crippen LogP contribution in [-0.2, 0) is 13.6 Å². The second-order valence-corrected chi connectivity index (χ2v) is 7.73. The number of aryl methyl sites for hydroxylation is 2. The molecular weight excluding hydrogens is 348 g/mol. The summed E-state index contributed by atoms with van der Waals surface area (Å²) >= 11 is 0. The van der Waals surface area contributed by atoms with E-state index in [1.54, 1.807) is 19.2 Å². The molecular formula is C21H19F2N3O. The number of alkyl halides is 2. The molecule has 4 rings (SSSR count). The first-order valence-corrected chi connectivity index (χ1v) is 8.75. The van der Waals surface area contributed by atoms with Crippen molar-refractivity contribution in [2.75, 3.05) is 0 Å². The van der Waals surface area contributed by atoms with E-state index < -0.39 is 11.3 Å². The van der Waals surface area contributed by atoms with Gasteiger partial charge in [-0.1, -0.05) is 30.7 Å². The fraction of sp³-hybridized carbons (Fsp3) is 0.333. The molecule has 0 amide bonds. The normalized spacial score (nSPS) is 20.6. The van der Waals surface area contributed by atoms with Crippen LogP contribution in [0.5, 0.6) is 0 Å². The maximum Gasteiger partial charge on any atom is 0.328 e. The van der Waals surface area contributed by atoms with E-state index in [4.69, 9.17) is 0 Å². The molecule has 1 aromatic heterocycles. The third-order valence-corrected chi connectivity index (χ3v) is 5.63. The van der Waals surface area contributed by atoms with Gasteiger partial charge in [-0.2, -0.15) is 5.26 Å². The third kappa shape index (κ3) is 2.57.